The summed E-state index contributed by atoms with van der Waals surface area (Å²) in [7, 11) is 0. The second-order valence-electron chi connectivity index (χ2n) is 8.92. The number of halogens is 1. The summed E-state index contributed by atoms with van der Waals surface area (Å²) in [5.74, 6) is 0. The van der Waals surface area contributed by atoms with Gasteiger partial charge in [-0.05, 0) is 44.2 Å². The maximum Gasteiger partial charge on any atom is 0.0961 e. The number of aromatic amines is 1. The number of nitrogens with one attached hydrogen (secondary N) is 3. The van der Waals surface area contributed by atoms with Crippen LogP contribution in [0.2, 0.25) is 5.02 Å². The molecule has 0 spiro atoms. The Kier molecular flexibility index (Phi) is 6.31. The van der Waals surface area contributed by atoms with E-state index in [0.717, 1.165) is 65.3 Å². The van der Waals surface area contributed by atoms with Crippen LogP contribution in [-0.2, 0) is 0 Å². The molecule has 3 heterocycles. The van der Waals surface area contributed by atoms with Crippen LogP contribution in [0.25, 0.3) is 33.4 Å². The van der Waals surface area contributed by atoms with Crippen LogP contribution in [-0.4, -0.2) is 58.1 Å². The van der Waals surface area contributed by atoms with Crippen LogP contribution in [0.1, 0.15) is 13.8 Å². The van der Waals surface area contributed by atoms with Crippen LogP contribution in [0.4, 0.5) is 5.69 Å². The third-order valence-corrected chi connectivity index (χ3v) is 6.33. The quantitative estimate of drug-likeness (QED) is 0.376. The molecule has 0 bridgehead atoms. The maximum absolute atomic E-state index is 6.21. The van der Waals surface area contributed by atoms with Crippen molar-refractivity contribution in [1.82, 2.24) is 25.2 Å². The van der Waals surface area contributed by atoms with Gasteiger partial charge in [-0.3, -0.25) is 9.88 Å². The van der Waals surface area contributed by atoms with E-state index in [0.29, 0.717) is 17.1 Å². The van der Waals surface area contributed by atoms with Crippen molar-refractivity contribution in [2.24, 2.45) is 0 Å². The predicted molar refractivity (Wildman–Crippen MR) is 137 cm³/mol. The zero-order valence-corrected chi connectivity index (χ0v) is 19.7. The van der Waals surface area contributed by atoms with Crippen LogP contribution in [0, 0.1) is 0 Å². The SMILES string of the molecule is C[C@@H]1CN(CCNc2cnc3ccc(-c4nc[nH]c4-c4cccc(Cl)c4)cc3c2)C[C@H](C)N1. The number of aromatic nitrogens is 3. The lowest BCUT2D eigenvalue weighted by atomic mass is 10.0. The molecule has 2 aromatic carbocycles. The molecular formula is C26H29ClN6. The summed E-state index contributed by atoms with van der Waals surface area (Å²) in [6, 6.07) is 17.3. The molecule has 2 atom stereocenters. The van der Waals surface area contributed by atoms with E-state index in [-0.39, 0.29) is 0 Å². The molecule has 1 aliphatic rings. The second-order valence-corrected chi connectivity index (χ2v) is 9.36. The lowest BCUT2D eigenvalue weighted by molar-refractivity contribution is 0.179. The van der Waals surface area contributed by atoms with Gasteiger partial charge in [-0.25, -0.2) is 4.98 Å². The fourth-order valence-corrected chi connectivity index (χ4v) is 4.92. The minimum atomic E-state index is 0.536. The number of anilines is 1. The molecule has 0 radical (unpaired) electrons. The molecule has 1 aliphatic heterocycles. The van der Waals surface area contributed by atoms with Crippen molar-refractivity contribution in [3.63, 3.8) is 0 Å². The molecule has 1 fully saturated rings. The van der Waals surface area contributed by atoms with Crippen molar-refractivity contribution in [3.05, 3.63) is 66.1 Å². The average molecular weight is 461 g/mol. The van der Waals surface area contributed by atoms with Crippen molar-refractivity contribution in [2.75, 3.05) is 31.5 Å². The summed E-state index contributed by atoms with van der Waals surface area (Å²) in [4.78, 5) is 15.0. The number of rotatable bonds is 6. The van der Waals surface area contributed by atoms with E-state index in [9.17, 15) is 0 Å². The minimum absolute atomic E-state index is 0.536. The van der Waals surface area contributed by atoms with Crippen molar-refractivity contribution >= 4 is 28.2 Å². The number of H-pyrrole nitrogens is 1. The second kappa shape index (κ2) is 9.51. The van der Waals surface area contributed by atoms with E-state index in [1.165, 1.54) is 0 Å². The van der Waals surface area contributed by atoms with Gasteiger partial charge in [0.1, 0.15) is 0 Å². The fraction of sp³-hybridized carbons (Fsp3) is 0.308. The lowest BCUT2D eigenvalue weighted by Gasteiger charge is -2.36. The number of hydrogen-bond acceptors (Lipinski definition) is 5. The van der Waals surface area contributed by atoms with Crippen molar-refractivity contribution in [3.8, 4) is 22.5 Å². The fourth-order valence-electron chi connectivity index (χ4n) is 4.73. The van der Waals surface area contributed by atoms with Gasteiger partial charge < -0.3 is 15.6 Å². The Morgan fingerprint density at radius 3 is 2.70 bits per heavy atom. The van der Waals surface area contributed by atoms with E-state index in [2.05, 4.69) is 62.5 Å². The molecule has 5 rings (SSSR count). The van der Waals surface area contributed by atoms with Crippen LogP contribution < -0.4 is 10.6 Å². The summed E-state index contributed by atoms with van der Waals surface area (Å²) in [5.41, 5.74) is 5.92. The van der Waals surface area contributed by atoms with E-state index in [4.69, 9.17) is 11.6 Å². The normalized spacial score (nSPS) is 19.1. The highest BCUT2D eigenvalue weighted by atomic mass is 35.5. The molecule has 0 amide bonds. The molecule has 3 N–H and O–H groups in total. The first-order chi connectivity index (χ1) is 16.0. The van der Waals surface area contributed by atoms with Gasteiger partial charge in [0, 0.05) is 59.8 Å². The third-order valence-electron chi connectivity index (χ3n) is 6.10. The highest BCUT2D eigenvalue weighted by Crippen LogP contribution is 2.32. The highest BCUT2D eigenvalue weighted by Gasteiger charge is 2.20. The largest absolute Gasteiger partial charge is 0.382 e. The number of nitrogens with zero attached hydrogens (tertiary/aromatic N) is 3. The molecule has 33 heavy (non-hydrogen) atoms. The molecule has 4 aromatic rings. The molecule has 0 saturated carbocycles. The molecule has 0 unspecified atom stereocenters. The Labute approximate surface area is 199 Å². The summed E-state index contributed by atoms with van der Waals surface area (Å²) >= 11 is 6.21. The zero-order chi connectivity index (χ0) is 22.8. The molecule has 0 aliphatic carbocycles. The van der Waals surface area contributed by atoms with Gasteiger partial charge in [0.25, 0.3) is 0 Å². The van der Waals surface area contributed by atoms with E-state index in [1.54, 1.807) is 6.33 Å². The van der Waals surface area contributed by atoms with Crippen molar-refractivity contribution in [2.45, 2.75) is 25.9 Å². The van der Waals surface area contributed by atoms with Gasteiger partial charge in [0.05, 0.1) is 35.1 Å². The molecule has 6 nitrogen and oxygen atoms in total. The molecule has 2 aromatic heterocycles. The molecule has 170 valence electrons. The monoisotopic (exact) mass is 460 g/mol. The number of piperazine rings is 1. The standard InChI is InChI=1S/C26H29ClN6/c1-17-14-33(15-18(2)32-17)9-8-28-23-12-21-10-20(6-7-24(21)29-13-23)26-25(30-16-31-26)19-4-3-5-22(27)11-19/h3-7,10-13,16-18,28,32H,8-9,14-15H2,1-2H3,(H,30,31)/t17-,18+. The Morgan fingerprint density at radius 1 is 1.03 bits per heavy atom. The zero-order valence-electron chi connectivity index (χ0n) is 19.0. The number of pyridine rings is 1. The Morgan fingerprint density at radius 2 is 1.88 bits per heavy atom. The van der Waals surface area contributed by atoms with Gasteiger partial charge in [-0.2, -0.15) is 0 Å². The van der Waals surface area contributed by atoms with Crippen LogP contribution in [0.3, 0.4) is 0 Å². The van der Waals surface area contributed by atoms with Crippen LogP contribution in [0.5, 0.6) is 0 Å². The molecule has 1 saturated heterocycles. The van der Waals surface area contributed by atoms with E-state index < -0.39 is 0 Å². The number of fused-ring (bicyclic) bond motifs is 1. The third kappa shape index (κ3) is 5.03. The van der Waals surface area contributed by atoms with Crippen molar-refractivity contribution < 1.29 is 0 Å². The van der Waals surface area contributed by atoms with Crippen LogP contribution in [0.15, 0.2) is 61.1 Å². The van der Waals surface area contributed by atoms with Gasteiger partial charge in [0.15, 0.2) is 0 Å². The Hall–Kier alpha value is -2.93. The van der Waals surface area contributed by atoms with Gasteiger partial charge in [0.2, 0.25) is 0 Å². The lowest BCUT2D eigenvalue weighted by Crippen LogP contribution is -2.54. The van der Waals surface area contributed by atoms with Gasteiger partial charge >= 0.3 is 0 Å². The van der Waals surface area contributed by atoms with E-state index >= 15 is 0 Å². The maximum atomic E-state index is 6.21. The highest BCUT2D eigenvalue weighted by molar-refractivity contribution is 6.30. The number of hydrogen-bond donors (Lipinski definition) is 3. The summed E-state index contributed by atoms with van der Waals surface area (Å²) in [5, 5.41) is 8.93. The topological polar surface area (TPSA) is 68.9 Å². The first-order valence-corrected chi connectivity index (χ1v) is 11.8. The smallest absolute Gasteiger partial charge is 0.0961 e. The average Bonchev–Trinajstić information content (AvgIpc) is 3.28. The summed E-state index contributed by atoms with van der Waals surface area (Å²) in [6.45, 7) is 8.58. The minimum Gasteiger partial charge on any atom is -0.382 e. The molecule has 7 heteroatoms. The van der Waals surface area contributed by atoms with Crippen LogP contribution >= 0.6 is 11.6 Å². The van der Waals surface area contributed by atoms with Gasteiger partial charge in [-0.1, -0.05) is 29.8 Å². The predicted octanol–water partition coefficient (Wildman–Crippen LogP) is 5.04. The number of imidazole rings is 1. The van der Waals surface area contributed by atoms with Gasteiger partial charge in [-0.15, -0.1) is 0 Å². The van der Waals surface area contributed by atoms with E-state index in [1.807, 2.05) is 36.5 Å². The first kappa shape index (κ1) is 21.9. The Balaban J connectivity index is 1.33. The number of benzene rings is 2. The molecular weight excluding hydrogens is 432 g/mol. The van der Waals surface area contributed by atoms with Crippen molar-refractivity contribution in [1.29, 1.82) is 0 Å². The summed E-state index contributed by atoms with van der Waals surface area (Å²) < 4.78 is 0. The Bertz CT molecular complexity index is 1240. The first-order valence-electron chi connectivity index (χ1n) is 11.5. The summed E-state index contributed by atoms with van der Waals surface area (Å²) in [6.07, 6.45) is 3.64.